The number of thiophene rings is 1. The first-order valence-electron chi connectivity index (χ1n) is 8.80. The van der Waals surface area contributed by atoms with Crippen LogP contribution < -0.4 is 10.2 Å². The SMILES string of the molecule is c1cn2nc(-c3ccsc3)nc2c(Nc2ccc(N3CCOCC3)cc2)n1. The van der Waals surface area contributed by atoms with E-state index in [4.69, 9.17) is 4.74 Å². The lowest BCUT2D eigenvalue weighted by molar-refractivity contribution is 0.122. The van der Waals surface area contributed by atoms with E-state index in [0.717, 1.165) is 37.6 Å². The third kappa shape index (κ3) is 3.24. The van der Waals surface area contributed by atoms with Crippen LogP contribution in [0.25, 0.3) is 17.0 Å². The standard InChI is InChI=1S/C19H18N6OS/c1-3-16(24-8-10-26-11-9-24)4-2-15(1)21-18-19-22-17(14-5-12-27-13-14)23-25(19)7-6-20-18/h1-7,12-13H,8-11H2,(H,20,21). The summed E-state index contributed by atoms with van der Waals surface area (Å²) in [7, 11) is 0. The molecule has 0 spiro atoms. The van der Waals surface area contributed by atoms with E-state index in [1.165, 1.54) is 5.69 Å². The molecule has 8 heteroatoms. The normalized spacial score (nSPS) is 14.6. The van der Waals surface area contributed by atoms with Gasteiger partial charge >= 0.3 is 0 Å². The first-order chi connectivity index (χ1) is 13.4. The van der Waals surface area contributed by atoms with Gasteiger partial charge in [0.1, 0.15) is 0 Å². The predicted octanol–water partition coefficient (Wildman–Crippen LogP) is 3.43. The van der Waals surface area contributed by atoms with Crippen molar-refractivity contribution in [1.82, 2.24) is 19.6 Å². The van der Waals surface area contributed by atoms with Gasteiger partial charge in [0.25, 0.3) is 0 Å². The fraction of sp³-hybridized carbons (Fsp3) is 0.211. The lowest BCUT2D eigenvalue weighted by Gasteiger charge is -2.28. The molecule has 5 rings (SSSR count). The van der Waals surface area contributed by atoms with E-state index in [1.807, 2.05) is 23.0 Å². The smallest absolute Gasteiger partial charge is 0.199 e. The second kappa shape index (κ2) is 6.98. The molecule has 0 atom stereocenters. The number of anilines is 3. The van der Waals surface area contributed by atoms with Crippen molar-refractivity contribution in [3.63, 3.8) is 0 Å². The minimum atomic E-state index is 0.686. The Hall–Kier alpha value is -2.97. The largest absolute Gasteiger partial charge is 0.378 e. The lowest BCUT2D eigenvalue weighted by atomic mass is 10.2. The van der Waals surface area contributed by atoms with E-state index in [2.05, 4.69) is 49.5 Å². The van der Waals surface area contributed by atoms with Crippen molar-refractivity contribution >= 4 is 34.2 Å². The molecule has 0 saturated carbocycles. The van der Waals surface area contributed by atoms with Crippen molar-refractivity contribution in [2.24, 2.45) is 0 Å². The minimum absolute atomic E-state index is 0.686. The molecule has 3 aromatic heterocycles. The van der Waals surface area contributed by atoms with Gasteiger partial charge in [0, 0.05) is 47.8 Å². The Balaban J connectivity index is 1.41. The van der Waals surface area contributed by atoms with Crippen molar-refractivity contribution in [3.05, 3.63) is 53.5 Å². The molecule has 1 N–H and O–H groups in total. The highest BCUT2D eigenvalue weighted by molar-refractivity contribution is 7.08. The summed E-state index contributed by atoms with van der Waals surface area (Å²) in [5.74, 6) is 1.39. The molecule has 0 unspecified atom stereocenters. The quantitative estimate of drug-likeness (QED) is 0.587. The van der Waals surface area contributed by atoms with Crippen molar-refractivity contribution in [1.29, 1.82) is 0 Å². The summed E-state index contributed by atoms with van der Waals surface area (Å²) in [5, 5.41) is 12.0. The van der Waals surface area contributed by atoms with Crippen LogP contribution >= 0.6 is 11.3 Å². The van der Waals surface area contributed by atoms with Gasteiger partial charge in [-0.25, -0.2) is 14.5 Å². The average Bonchev–Trinajstić information content (AvgIpc) is 3.39. The average molecular weight is 378 g/mol. The van der Waals surface area contributed by atoms with Gasteiger partial charge in [-0.1, -0.05) is 0 Å². The fourth-order valence-corrected chi connectivity index (χ4v) is 3.77. The number of ether oxygens (including phenoxy) is 1. The monoisotopic (exact) mass is 378 g/mol. The summed E-state index contributed by atoms with van der Waals surface area (Å²) >= 11 is 1.63. The lowest BCUT2D eigenvalue weighted by Crippen LogP contribution is -2.36. The Morgan fingerprint density at radius 1 is 1.07 bits per heavy atom. The van der Waals surface area contributed by atoms with Crippen LogP contribution in [0, 0.1) is 0 Å². The molecule has 0 amide bonds. The summed E-state index contributed by atoms with van der Waals surface area (Å²) in [5.41, 5.74) is 3.89. The second-order valence-corrected chi connectivity index (χ2v) is 7.04. The van der Waals surface area contributed by atoms with Gasteiger partial charge in [-0.2, -0.15) is 11.3 Å². The number of nitrogens with one attached hydrogen (secondary N) is 1. The second-order valence-electron chi connectivity index (χ2n) is 6.26. The zero-order valence-corrected chi connectivity index (χ0v) is 15.4. The summed E-state index contributed by atoms with van der Waals surface area (Å²) in [6, 6.07) is 10.4. The van der Waals surface area contributed by atoms with Crippen LogP contribution in [0.1, 0.15) is 0 Å². The third-order valence-corrected chi connectivity index (χ3v) is 5.22. The van der Waals surface area contributed by atoms with E-state index in [9.17, 15) is 0 Å². The van der Waals surface area contributed by atoms with Crippen molar-refractivity contribution in [3.8, 4) is 11.4 Å². The highest BCUT2D eigenvalue weighted by Gasteiger charge is 2.13. The molecule has 4 aromatic rings. The summed E-state index contributed by atoms with van der Waals surface area (Å²) in [6.07, 6.45) is 3.54. The summed E-state index contributed by atoms with van der Waals surface area (Å²) < 4.78 is 7.17. The molecule has 1 aliphatic rings. The zero-order valence-electron chi connectivity index (χ0n) is 14.6. The molecule has 27 heavy (non-hydrogen) atoms. The number of hydrogen-bond acceptors (Lipinski definition) is 7. The van der Waals surface area contributed by atoms with Crippen LogP contribution in [-0.4, -0.2) is 45.9 Å². The highest BCUT2D eigenvalue weighted by Crippen LogP contribution is 2.25. The molecule has 0 bridgehead atoms. The van der Waals surface area contributed by atoms with E-state index in [-0.39, 0.29) is 0 Å². The van der Waals surface area contributed by atoms with Gasteiger partial charge in [-0.15, -0.1) is 5.10 Å². The van der Waals surface area contributed by atoms with Gasteiger partial charge in [-0.3, -0.25) is 0 Å². The molecular weight excluding hydrogens is 360 g/mol. The van der Waals surface area contributed by atoms with E-state index in [1.54, 1.807) is 22.0 Å². The van der Waals surface area contributed by atoms with Gasteiger partial charge in [0.05, 0.1) is 13.2 Å². The first kappa shape index (κ1) is 16.2. The number of nitrogens with zero attached hydrogens (tertiary/aromatic N) is 5. The molecule has 7 nitrogen and oxygen atoms in total. The Bertz CT molecular complexity index is 1040. The molecule has 136 valence electrons. The Morgan fingerprint density at radius 3 is 2.70 bits per heavy atom. The number of benzene rings is 1. The Labute approximate surface area is 160 Å². The van der Waals surface area contributed by atoms with E-state index >= 15 is 0 Å². The van der Waals surface area contributed by atoms with Crippen molar-refractivity contribution in [2.45, 2.75) is 0 Å². The van der Waals surface area contributed by atoms with Crippen LogP contribution in [0.15, 0.2) is 53.5 Å². The Morgan fingerprint density at radius 2 is 1.93 bits per heavy atom. The predicted molar refractivity (Wildman–Crippen MR) is 107 cm³/mol. The Kier molecular flexibility index (Phi) is 4.19. The molecule has 0 aliphatic carbocycles. The molecule has 1 aliphatic heterocycles. The van der Waals surface area contributed by atoms with Gasteiger partial charge in [0.15, 0.2) is 17.3 Å². The maximum atomic E-state index is 5.42. The first-order valence-corrected chi connectivity index (χ1v) is 9.75. The number of aromatic nitrogens is 4. The molecular formula is C19H18N6OS. The number of morpholine rings is 1. The molecule has 0 radical (unpaired) electrons. The van der Waals surface area contributed by atoms with Crippen LogP contribution in [0.4, 0.5) is 17.2 Å². The number of rotatable bonds is 4. The van der Waals surface area contributed by atoms with E-state index in [0.29, 0.717) is 17.3 Å². The van der Waals surface area contributed by atoms with Gasteiger partial charge in [-0.05, 0) is 35.7 Å². The van der Waals surface area contributed by atoms with Crippen LogP contribution in [-0.2, 0) is 4.74 Å². The third-order valence-electron chi connectivity index (χ3n) is 4.54. The summed E-state index contributed by atoms with van der Waals surface area (Å²) in [6.45, 7) is 3.42. The minimum Gasteiger partial charge on any atom is -0.378 e. The molecule has 1 saturated heterocycles. The maximum Gasteiger partial charge on any atom is 0.199 e. The van der Waals surface area contributed by atoms with Crippen LogP contribution in [0.3, 0.4) is 0 Å². The molecule has 1 fully saturated rings. The van der Waals surface area contributed by atoms with Crippen LogP contribution in [0.5, 0.6) is 0 Å². The molecule has 1 aromatic carbocycles. The van der Waals surface area contributed by atoms with Gasteiger partial charge in [0.2, 0.25) is 0 Å². The van der Waals surface area contributed by atoms with Gasteiger partial charge < -0.3 is 15.0 Å². The number of fused-ring (bicyclic) bond motifs is 1. The zero-order chi connectivity index (χ0) is 18.1. The number of hydrogen-bond donors (Lipinski definition) is 1. The maximum absolute atomic E-state index is 5.42. The molecule has 4 heterocycles. The van der Waals surface area contributed by atoms with Crippen LogP contribution in [0.2, 0.25) is 0 Å². The summed E-state index contributed by atoms with van der Waals surface area (Å²) in [4.78, 5) is 11.4. The highest BCUT2D eigenvalue weighted by atomic mass is 32.1. The van der Waals surface area contributed by atoms with Crippen molar-refractivity contribution in [2.75, 3.05) is 36.5 Å². The topological polar surface area (TPSA) is 67.6 Å². The van der Waals surface area contributed by atoms with Crippen molar-refractivity contribution < 1.29 is 4.74 Å². The van der Waals surface area contributed by atoms with E-state index < -0.39 is 0 Å². The fourth-order valence-electron chi connectivity index (χ4n) is 3.13.